The Morgan fingerprint density at radius 1 is 1.48 bits per heavy atom. The number of amides is 1. The van der Waals surface area contributed by atoms with Gasteiger partial charge in [-0.05, 0) is 32.8 Å². The average Bonchev–Trinajstić information content (AvgIpc) is 2.76. The molecule has 0 saturated heterocycles. The number of nitrogens with zero attached hydrogens (tertiary/aromatic N) is 2. The summed E-state index contributed by atoms with van der Waals surface area (Å²) in [5.41, 5.74) is 7.52. The number of aromatic nitrogens is 2. The van der Waals surface area contributed by atoms with E-state index in [1.165, 1.54) is 12.3 Å². The van der Waals surface area contributed by atoms with E-state index >= 15 is 0 Å². The first-order valence-electron chi connectivity index (χ1n) is 6.60. The van der Waals surface area contributed by atoms with E-state index in [4.69, 9.17) is 21.9 Å². The highest BCUT2D eigenvalue weighted by molar-refractivity contribution is 6.33. The lowest BCUT2D eigenvalue weighted by Crippen LogP contribution is -2.12. The number of anilines is 1. The first kappa shape index (κ1) is 15.3. The van der Waals surface area contributed by atoms with Gasteiger partial charge in [-0.25, -0.2) is 4.98 Å². The fraction of sp³-hybridized carbons (Fsp3) is 0.357. The number of primary amides is 1. The van der Waals surface area contributed by atoms with Gasteiger partial charge in [0.2, 0.25) is 5.91 Å². The normalized spacial score (nSPS) is 10.6. The van der Waals surface area contributed by atoms with Crippen LogP contribution in [0.2, 0.25) is 5.02 Å². The van der Waals surface area contributed by atoms with Gasteiger partial charge in [-0.1, -0.05) is 16.8 Å². The Bertz CT molecular complexity index is 635. The van der Waals surface area contributed by atoms with Crippen LogP contribution in [-0.4, -0.2) is 22.6 Å². The fourth-order valence-electron chi connectivity index (χ4n) is 2.03. The lowest BCUT2D eigenvalue weighted by atomic mass is 10.1. The molecule has 112 valence electrons. The van der Waals surface area contributed by atoms with E-state index in [-0.39, 0.29) is 0 Å². The third-order valence-corrected chi connectivity index (χ3v) is 3.49. The van der Waals surface area contributed by atoms with Crippen molar-refractivity contribution in [2.45, 2.75) is 26.7 Å². The lowest BCUT2D eigenvalue weighted by Gasteiger charge is -2.08. The van der Waals surface area contributed by atoms with Crippen LogP contribution in [0.5, 0.6) is 0 Å². The molecule has 6 nitrogen and oxygen atoms in total. The average molecular weight is 309 g/mol. The van der Waals surface area contributed by atoms with Gasteiger partial charge in [0.05, 0.1) is 16.3 Å². The second-order valence-corrected chi connectivity index (χ2v) is 5.16. The first-order valence-corrected chi connectivity index (χ1v) is 6.97. The number of aryl methyl sites for hydroxylation is 2. The van der Waals surface area contributed by atoms with Gasteiger partial charge in [-0.15, -0.1) is 0 Å². The molecule has 21 heavy (non-hydrogen) atoms. The molecule has 0 radical (unpaired) electrons. The Morgan fingerprint density at radius 2 is 2.24 bits per heavy atom. The molecule has 0 saturated carbocycles. The Labute approximate surface area is 127 Å². The van der Waals surface area contributed by atoms with E-state index in [1.54, 1.807) is 0 Å². The van der Waals surface area contributed by atoms with Crippen LogP contribution in [0.15, 0.2) is 16.8 Å². The zero-order chi connectivity index (χ0) is 15.4. The third-order valence-electron chi connectivity index (χ3n) is 3.20. The van der Waals surface area contributed by atoms with E-state index in [0.29, 0.717) is 22.9 Å². The Morgan fingerprint density at radius 3 is 2.81 bits per heavy atom. The molecular formula is C14H17ClN4O2. The van der Waals surface area contributed by atoms with Crippen LogP contribution < -0.4 is 11.1 Å². The Kier molecular flexibility index (Phi) is 4.80. The molecule has 1 amide bonds. The number of nitrogens with two attached hydrogens (primary N) is 1. The zero-order valence-electron chi connectivity index (χ0n) is 11.9. The van der Waals surface area contributed by atoms with E-state index < -0.39 is 5.91 Å². The summed E-state index contributed by atoms with van der Waals surface area (Å²) in [4.78, 5) is 15.1. The van der Waals surface area contributed by atoms with Gasteiger partial charge in [0.25, 0.3) is 0 Å². The van der Waals surface area contributed by atoms with Crippen molar-refractivity contribution in [3.05, 3.63) is 39.9 Å². The molecule has 0 bridgehead atoms. The predicted molar refractivity (Wildman–Crippen MR) is 80.6 cm³/mol. The minimum absolute atomic E-state index is 0.293. The predicted octanol–water partition coefficient (Wildman–Crippen LogP) is 2.48. The number of hydrogen-bond donors (Lipinski definition) is 2. The van der Waals surface area contributed by atoms with Crippen LogP contribution >= 0.6 is 11.6 Å². The standard InChI is InChI=1S/C14H17ClN4O2/c1-8-11(9(2)21-19-8)4-3-5-17-14-12(15)6-10(7-18-14)13(16)20/h6-7H,3-5H2,1-2H3,(H2,16,20)(H,17,18). The lowest BCUT2D eigenvalue weighted by molar-refractivity contribution is 0.1000. The molecule has 0 fully saturated rings. The second kappa shape index (κ2) is 6.58. The summed E-state index contributed by atoms with van der Waals surface area (Å²) in [6.07, 6.45) is 3.16. The molecule has 7 heteroatoms. The Hall–Kier alpha value is -2.08. The zero-order valence-corrected chi connectivity index (χ0v) is 12.7. The first-order chi connectivity index (χ1) is 9.99. The number of rotatable bonds is 6. The van der Waals surface area contributed by atoms with Gasteiger partial charge in [0, 0.05) is 18.3 Å². The molecule has 0 atom stereocenters. The number of pyridine rings is 1. The maximum atomic E-state index is 11.0. The summed E-state index contributed by atoms with van der Waals surface area (Å²) in [5, 5.41) is 7.43. The number of carbonyl (C=O) groups excluding carboxylic acids is 1. The molecule has 0 aliphatic heterocycles. The van der Waals surface area contributed by atoms with Crippen molar-refractivity contribution in [2.24, 2.45) is 5.73 Å². The molecule has 2 aromatic heterocycles. The fourth-order valence-corrected chi connectivity index (χ4v) is 2.27. The van der Waals surface area contributed by atoms with Crippen molar-refractivity contribution in [2.75, 3.05) is 11.9 Å². The van der Waals surface area contributed by atoms with Crippen LogP contribution in [-0.2, 0) is 6.42 Å². The van der Waals surface area contributed by atoms with Gasteiger partial charge in [-0.2, -0.15) is 0 Å². The smallest absolute Gasteiger partial charge is 0.250 e. The molecule has 0 spiro atoms. The molecule has 0 aliphatic rings. The number of hydrogen-bond acceptors (Lipinski definition) is 5. The van der Waals surface area contributed by atoms with Crippen molar-refractivity contribution in [1.82, 2.24) is 10.1 Å². The van der Waals surface area contributed by atoms with Crippen molar-refractivity contribution in [1.29, 1.82) is 0 Å². The van der Waals surface area contributed by atoms with Crippen molar-refractivity contribution >= 4 is 23.3 Å². The molecule has 2 rings (SSSR count). The minimum Gasteiger partial charge on any atom is -0.369 e. The highest BCUT2D eigenvalue weighted by Gasteiger charge is 2.09. The maximum Gasteiger partial charge on any atom is 0.250 e. The highest BCUT2D eigenvalue weighted by atomic mass is 35.5. The Balaban J connectivity index is 1.88. The van der Waals surface area contributed by atoms with E-state index in [9.17, 15) is 4.79 Å². The summed E-state index contributed by atoms with van der Waals surface area (Å²) in [6, 6.07) is 1.51. The largest absolute Gasteiger partial charge is 0.369 e. The minimum atomic E-state index is -0.547. The molecular weight excluding hydrogens is 292 g/mol. The monoisotopic (exact) mass is 308 g/mol. The molecule has 0 aromatic carbocycles. The van der Waals surface area contributed by atoms with Crippen molar-refractivity contribution < 1.29 is 9.32 Å². The number of carbonyl (C=O) groups is 1. The SMILES string of the molecule is Cc1noc(C)c1CCCNc1ncc(C(N)=O)cc1Cl. The van der Waals surface area contributed by atoms with Crippen molar-refractivity contribution in [3.63, 3.8) is 0 Å². The highest BCUT2D eigenvalue weighted by Crippen LogP contribution is 2.20. The van der Waals surface area contributed by atoms with Crippen molar-refractivity contribution in [3.8, 4) is 0 Å². The molecule has 0 unspecified atom stereocenters. The number of halogens is 1. The second-order valence-electron chi connectivity index (χ2n) is 4.75. The van der Waals surface area contributed by atoms with Gasteiger partial charge in [-0.3, -0.25) is 4.79 Å². The van der Waals surface area contributed by atoms with Crippen LogP contribution in [0.25, 0.3) is 0 Å². The summed E-state index contributed by atoms with van der Waals surface area (Å²) in [6.45, 7) is 4.54. The van der Waals surface area contributed by atoms with Gasteiger partial charge < -0.3 is 15.6 Å². The van der Waals surface area contributed by atoms with Crippen LogP contribution in [0, 0.1) is 13.8 Å². The van der Waals surface area contributed by atoms with Gasteiger partial charge in [0.1, 0.15) is 11.6 Å². The molecule has 0 aliphatic carbocycles. The van der Waals surface area contributed by atoms with Crippen LogP contribution in [0.1, 0.15) is 33.8 Å². The summed E-state index contributed by atoms with van der Waals surface area (Å²) < 4.78 is 5.12. The molecule has 2 aromatic rings. The summed E-state index contributed by atoms with van der Waals surface area (Å²) in [7, 11) is 0. The maximum absolute atomic E-state index is 11.0. The quantitative estimate of drug-likeness (QED) is 0.799. The number of nitrogens with one attached hydrogen (secondary N) is 1. The van der Waals surface area contributed by atoms with E-state index in [2.05, 4.69) is 15.5 Å². The topological polar surface area (TPSA) is 94.0 Å². The third kappa shape index (κ3) is 3.72. The molecule has 3 N–H and O–H groups in total. The van der Waals surface area contributed by atoms with Crippen LogP contribution in [0.3, 0.4) is 0 Å². The van der Waals surface area contributed by atoms with E-state index in [0.717, 1.165) is 29.9 Å². The summed E-state index contributed by atoms with van der Waals surface area (Å²) >= 11 is 6.04. The van der Waals surface area contributed by atoms with Gasteiger partial charge in [0.15, 0.2) is 0 Å². The van der Waals surface area contributed by atoms with E-state index in [1.807, 2.05) is 13.8 Å². The van der Waals surface area contributed by atoms with Gasteiger partial charge >= 0.3 is 0 Å². The van der Waals surface area contributed by atoms with Crippen LogP contribution in [0.4, 0.5) is 5.82 Å². The summed E-state index contributed by atoms with van der Waals surface area (Å²) in [5.74, 6) is 0.851. The molecule has 2 heterocycles.